The van der Waals surface area contributed by atoms with Crippen LogP contribution >= 0.6 is 24.0 Å². The molecule has 2 aromatic rings. The highest BCUT2D eigenvalue weighted by atomic mass is 127. The molecule has 3 rings (SSSR count). The minimum atomic E-state index is 0. The monoisotopic (exact) mass is 527 g/mol. The lowest BCUT2D eigenvalue weighted by Gasteiger charge is -2.26. The maximum atomic E-state index is 5.41. The Kier molecular flexibility index (Phi) is 10.6. The molecule has 0 saturated carbocycles. The molecular weight excluding hydrogens is 493 g/mol. The van der Waals surface area contributed by atoms with Crippen LogP contribution < -0.4 is 10.6 Å². The number of ether oxygens (including phenoxy) is 1. The van der Waals surface area contributed by atoms with Crippen LogP contribution in [0.4, 0.5) is 0 Å². The summed E-state index contributed by atoms with van der Waals surface area (Å²) in [6.45, 7) is 12.9. The maximum Gasteiger partial charge on any atom is 0.191 e. The van der Waals surface area contributed by atoms with E-state index in [-0.39, 0.29) is 24.0 Å². The molecule has 0 unspecified atom stereocenters. The molecule has 166 valence electrons. The Morgan fingerprint density at radius 2 is 1.83 bits per heavy atom. The van der Waals surface area contributed by atoms with Crippen molar-refractivity contribution in [2.24, 2.45) is 4.99 Å². The number of benzene rings is 1. The minimum Gasteiger partial charge on any atom is -0.379 e. The van der Waals surface area contributed by atoms with Crippen LogP contribution in [-0.4, -0.2) is 48.9 Å². The average Bonchev–Trinajstić information content (AvgIpc) is 3.21. The second-order valence-corrected chi connectivity index (χ2v) is 7.63. The van der Waals surface area contributed by atoms with Gasteiger partial charge in [0.1, 0.15) is 0 Å². The van der Waals surface area contributed by atoms with Crippen LogP contribution in [0, 0.1) is 0 Å². The highest BCUT2D eigenvalue weighted by molar-refractivity contribution is 14.0. The molecule has 1 aromatic heterocycles. The van der Waals surface area contributed by atoms with Gasteiger partial charge in [-0.2, -0.15) is 0 Å². The third kappa shape index (κ3) is 7.88. The van der Waals surface area contributed by atoms with E-state index in [9.17, 15) is 0 Å². The number of aliphatic imine (C=N–C) groups is 1. The highest BCUT2D eigenvalue weighted by Gasteiger charge is 2.11. The third-order valence-electron chi connectivity index (χ3n) is 4.90. The zero-order valence-electron chi connectivity index (χ0n) is 18.2. The van der Waals surface area contributed by atoms with E-state index in [0.717, 1.165) is 56.8 Å². The van der Waals surface area contributed by atoms with Gasteiger partial charge >= 0.3 is 0 Å². The number of aromatic nitrogens is 1. The number of hydrogen-bond acceptors (Lipinski definition) is 5. The third-order valence-corrected chi connectivity index (χ3v) is 4.90. The summed E-state index contributed by atoms with van der Waals surface area (Å²) in [5.41, 5.74) is 3.49. The van der Waals surface area contributed by atoms with Crippen molar-refractivity contribution in [2.75, 3.05) is 32.8 Å². The van der Waals surface area contributed by atoms with Crippen molar-refractivity contribution < 1.29 is 9.26 Å². The summed E-state index contributed by atoms with van der Waals surface area (Å²) in [7, 11) is 0. The molecule has 7 nitrogen and oxygen atoms in total. The molecule has 1 fully saturated rings. The van der Waals surface area contributed by atoms with Gasteiger partial charge in [0.05, 0.1) is 32.0 Å². The van der Waals surface area contributed by atoms with Crippen LogP contribution in [0.25, 0.3) is 0 Å². The number of hydrogen-bond donors (Lipinski definition) is 2. The van der Waals surface area contributed by atoms with E-state index >= 15 is 0 Å². The van der Waals surface area contributed by atoms with Crippen molar-refractivity contribution in [1.29, 1.82) is 0 Å². The maximum absolute atomic E-state index is 5.41. The second kappa shape index (κ2) is 12.9. The average molecular weight is 527 g/mol. The number of guanidine groups is 1. The fraction of sp³-hybridized carbons (Fsp3) is 0.545. The van der Waals surface area contributed by atoms with Gasteiger partial charge in [0.15, 0.2) is 11.7 Å². The molecule has 8 heteroatoms. The fourth-order valence-electron chi connectivity index (χ4n) is 3.13. The zero-order chi connectivity index (χ0) is 20.5. The first-order valence-electron chi connectivity index (χ1n) is 10.5. The van der Waals surface area contributed by atoms with Gasteiger partial charge < -0.3 is 19.9 Å². The van der Waals surface area contributed by atoms with Gasteiger partial charge in [-0.1, -0.05) is 43.3 Å². The largest absolute Gasteiger partial charge is 0.379 e. The lowest BCUT2D eigenvalue weighted by Crippen LogP contribution is -2.36. The molecule has 2 N–H and O–H groups in total. The molecule has 1 aromatic carbocycles. The Balaban J connectivity index is 0.00000320. The van der Waals surface area contributed by atoms with E-state index in [0.29, 0.717) is 19.0 Å². The fourth-order valence-corrected chi connectivity index (χ4v) is 3.13. The topological polar surface area (TPSA) is 74.9 Å². The van der Waals surface area contributed by atoms with Gasteiger partial charge in [0, 0.05) is 32.2 Å². The number of morpholine rings is 1. The van der Waals surface area contributed by atoms with Gasteiger partial charge in [-0.3, -0.25) is 4.90 Å². The molecule has 2 heterocycles. The van der Waals surface area contributed by atoms with Crippen molar-refractivity contribution >= 4 is 29.9 Å². The molecule has 0 radical (unpaired) electrons. The van der Waals surface area contributed by atoms with Gasteiger partial charge in [-0.25, -0.2) is 4.99 Å². The molecule has 1 aliphatic heterocycles. The molecule has 0 bridgehead atoms. The minimum absolute atomic E-state index is 0. The summed E-state index contributed by atoms with van der Waals surface area (Å²) < 4.78 is 10.8. The van der Waals surface area contributed by atoms with Crippen LogP contribution in [0.5, 0.6) is 0 Å². The second-order valence-electron chi connectivity index (χ2n) is 7.63. The van der Waals surface area contributed by atoms with Crippen LogP contribution in [-0.2, 0) is 24.4 Å². The van der Waals surface area contributed by atoms with Crippen LogP contribution in [0.15, 0.2) is 39.8 Å². The number of halogens is 1. The van der Waals surface area contributed by atoms with E-state index in [1.807, 2.05) is 6.07 Å². The molecule has 0 amide bonds. The number of nitrogens with zero attached hydrogens (tertiary/aromatic N) is 3. The van der Waals surface area contributed by atoms with Crippen molar-refractivity contribution in [3.8, 4) is 0 Å². The molecule has 0 atom stereocenters. The SMILES string of the molecule is CCNC(=NCc1ccc(CN2CCOCC2)cc1)NCc1cc(C(C)C)no1.I. The first-order chi connectivity index (χ1) is 14.1. The quantitative estimate of drug-likeness (QED) is 0.311. The first-order valence-corrected chi connectivity index (χ1v) is 10.5. The van der Waals surface area contributed by atoms with E-state index in [1.54, 1.807) is 0 Å². The van der Waals surface area contributed by atoms with Crippen molar-refractivity contribution in [3.05, 3.63) is 52.9 Å². The number of nitrogens with one attached hydrogen (secondary N) is 2. The van der Waals surface area contributed by atoms with Gasteiger partial charge in [-0.05, 0) is 24.0 Å². The first kappa shape index (κ1) is 24.6. The predicted molar refractivity (Wildman–Crippen MR) is 130 cm³/mol. The standard InChI is InChI=1S/C22H33N5O2.HI/c1-4-23-22(25-15-20-13-21(17(2)3)26-29-20)24-14-18-5-7-19(8-6-18)16-27-9-11-28-12-10-27;/h5-8,13,17H,4,9-12,14-16H2,1-3H3,(H2,23,24,25);1H. The van der Waals surface area contributed by atoms with Gasteiger partial charge in [-0.15, -0.1) is 24.0 Å². The van der Waals surface area contributed by atoms with Crippen molar-refractivity contribution in [3.63, 3.8) is 0 Å². The smallest absolute Gasteiger partial charge is 0.191 e. The molecule has 0 aliphatic carbocycles. The zero-order valence-corrected chi connectivity index (χ0v) is 20.5. The van der Waals surface area contributed by atoms with Gasteiger partial charge in [0.25, 0.3) is 0 Å². The number of rotatable bonds is 8. The van der Waals surface area contributed by atoms with Gasteiger partial charge in [0.2, 0.25) is 0 Å². The highest BCUT2D eigenvalue weighted by Crippen LogP contribution is 2.14. The summed E-state index contributed by atoms with van der Waals surface area (Å²) in [6.07, 6.45) is 0. The Morgan fingerprint density at radius 3 is 2.47 bits per heavy atom. The molecule has 0 spiro atoms. The molecule has 30 heavy (non-hydrogen) atoms. The van der Waals surface area contributed by atoms with E-state index in [1.165, 1.54) is 11.1 Å². The Bertz CT molecular complexity index is 770. The van der Waals surface area contributed by atoms with E-state index < -0.39 is 0 Å². The summed E-state index contributed by atoms with van der Waals surface area (Å²) >= 11 is 0. The van der Waals surface area contributed by atoms with Crippen molar-refractivity contribution in [2.45, 2.75) is 46.3 Å². The van der Waals surface area contributed by atoms with Crippen LogP contribution in [0.1, 0.15) is 49.3 Å². The molecule has 1 aliphatic rings. The summed E-state index contributed by atoms with van der Waals surface area (Å²) in [6, 6.07) is 10.7. The summed E-state index contributed by atoms with van der Waals surface area (Å²) in [5.74, 6) is 1.94. The van der Waals surface area contributed by atoms with Crippen molar-refractivity contribution in [1.82, 2.24) is 20.7 Å². The van der Waals surface area contributed by atoms with Crippen LogP contribution in [0.2, 0.25) is 0 Å². The summed E-state index contributed by atoms with van der Waals surface area (Å²) in [4.78, 5) is 7.12. The van der Waals surface area contributed by atoms with E-state index in [4.69, 9.17) is 14.3 Å². The van der Waals surface area contributed by atoms with Crippen LogP contribution in [0.3, 0.4) is 0 Å². The van der Waals surface area contributed by atoms with E-state index in [2.05, 4.69) is 65.7 Å². The Morgan fingerprint density at radius 1 is 1.13 bits per heavy atom. The molecule has 1 saturated heterocycles. The Labute approximate surface area is 196 Å². The predicted octanol–water partition coefficient (Wildman–Crippen LogP) is 3.50. The molecular formula is C22H34IN5O2. The lowest BCUT2D eigenvalue weighted by molar-refractivity contribution is 0.0342. The lowest BCUT2D eigenvalue weighted by atomic mass is 10.1. The summed E-state index contributed by atoms with van der Waals surface area (Å²) in [5, 5.41) is 10.7. The Hall–Kier alpha value is -1.65. The normalized spacial score (nSPS) is 15.1.